The van der Waals surface area contributed by atoms with E-state index >= 15 is 0 Å². The number of amides is 1. The molecule has 0 radical (unpaired) electrons. The van der Waals surface area contributed by atoms with E-state index < -0.39 is 51.9 Å². The molecule has 1 aromatic carbocycles. The summed E-state index contributed by atoms with van der Waals surface area (Å²) in [5, 5.41) is 20.5. The van der Waals surface area contributed by atoms with Gasteiger partial charge in [-0.2, -0.15) is 39.5 Å². The van der Waals surface area contributed by atoms with Gasteiger partial charge in [-0.25, -0.2) is 0 Å². The second kappa shape index (κ2) is 6.21. The minimum Gasteiger partial charge on any atom is -0.506 e. The van der Waals surface area contributed by atoms with E-state index in [1.165, 1.54) is 0 Å². The summed E-state index contributed by atoms with van der Waals surface area (Å²) in [7, 11) is 0. The molecule has 26 heavy (non-hydrogen) atoms. The molecule has 146 valence electrons. The van der Waals surface area contributed by atoms with E-state index in [1.54, 1.807) is 0 Å². The molecular formula is C11H5F9N2O4. The van der Waals surface area contributed by atoms with Gasteiger partial charge in [-0.05, 0) is 6.07 Å². The van der Waals surface area contributed by atoms with Crippen LogP contribution in [0.1, 0.15) is 0 Å². The molecule has 1 rings (SSSR count). The molecule has 0 bridgehead atoms. The van der Waals surface area contributed by atoms with E-state index in [0.29, 0.717) is 12.1 Å². The average Bonchev–Trinajstić information content (AvgIpc) is 2.47. The van der Waals surface area contributed by atoms with Gasteiger partial charge in [-0.15, -0.1) is 0 Å². The molecule has 0 spiro atoms. The van der Waals surface area contributed by atoms with Crippen molar-refractivity contribution in [2.45, 2.75) is 23.9 Å². The molecule has 0 saturated heterocycles. The number of nitrogens with one attached hydrogen (secondary N) is 1. The molecule has 1 aromatic rings. The molecule has 0 fully saturated rings. The van der Waals surface area contributed by atoms with Gasteiger partial charge in [-0.1, -0.05) is 0 Å². The number of non-ortho nitro benzene ring substituents is 1. The minimum absolute atomic E-state index is 0.274. The van der Waals surface area contributed by atoms with Crippen LogP contribution in [0.4, 0.5) is 50.9 Å². The number of nitro groups is 1. The largest absolute Gasteiger partial charge is 0.506 e. The Kier molecular flexibility index (Phi) is 5.09. The first-order chi connectivity index (χ1) is 11.5. The first kappa shape index (κ1) is 21.3. The molecule has 0 atom stereocenters. The third-order valence-corrected chi connectivity index (χ3v) is 2.87. The van der Waals surface area contributed by atoms with E-state index in [1.807, 2.05) is 0 Å². The number of aromatic hydroxyl groups is 1. The van der Waals surface area contributed by atoms with E-state index in [9.17, 15) is 59.5 Å². The third-order valence-electron chi connectivity index (χ3n) is 2.87. The maximum absolute atomic E-state index is 13.3. The summed E-state index contributed by atoms with van der Waals surface area (Å²) >= 11 is 0. The highest BCUT2D eigenvalue weighted by Gasteiger charge is 2.83. The summed E-state index contributed by atoms with van der Waals surface area (Å²) in [6, 6.07) is 1.13. The summed E-state index contributed by atoms with van der Waals surface area (Å²) in [5.74, 6) is -25.6. The molecule has 1 amide bonds. The number of alkyl halides is 9. The zero-order chi connectivity index (χ0) is 20.7. The number of rotatable bonds is 5. The second-order valence-electron chi connectivity index (χ2n) is 4.63. The molecule has 0 aliphatic rings. The lowest BCUT2D eigenvalue weighted by atomic mass is 10.0. The van der Waals surface area contributed by atoms with E-state index in [2.05, 4.69) is 0 Å². The van der Waals surface area contributed by atoms with E-state index in [0.717, 1.165) is 5.32 Å². The second-order valence-corrected chi connectivity index (χ2v) is 4.63. The van der Waals surface area contributed by atoms with Crippen LogP contribution < -0.4 is 5.32 Å². The fraction of sp³-hybridized carbons (Fsp3) is 0.364. The molecular weight excluding hydrogens is 395 g/mol. The summed E-state index contributed by atoms with van der Waals surface area (Å²) in [6.45, 7) is 0. The number of nitrogens with zero attached hydrogens (tertiary/aromatic N) is 1. The fourth-order valence-electron chi connectivity index (χ4n) is 1.46. The van der Waals surface area contributed by atoms with Crippen molar-refractivity contribution < 1.29 is 54.3 Å². The van der Waals surface area contributed by atoms with Crippen molar-refractivity contribution in [3.05, 3.63) is 28.3 Å². The van der Waals surface area contributed by atoms with Crippen molar-refractivity contribution in [1.29, 1.82) is 0 Å². The molecule has 0 heterocycles. The smallest absolute Gasteiger partial charge is 0.460 e. The Bertz CT molecular complexity index is 733. The number of halogens is 9. The van der Waals surface area contributed by atoms with Crippen LogP contribution in [-0.2, 0) is 4.79 Å². The van der Waals surface area contributed by atoms with Crippen LogP contribution in [0.5, 0.6) is 5.75 Å². The zero-order valence-electron chi connectivity index (χ0n) is 11.8. The Morgan fingerprint density at radius 2 is 1.50 bits per heavy atom. The van der Waals surface area contributed by atoms with Crippen LogP contribution >= 0.6 is 0 Å². The number of anilines is 1. The maximum atomic E-state index is 13.3. The van der Waals surface area contributed by atoms with Crippen LogP contribution in [0, 0.1) is 10.1 Å². The number of hydrogen-bond acceptors (Lipinski definition) is 4. The Morgan fingerprint density at radius 3 is 1.88 bits per heavy atom. The number of hydrogen-bond donors (Lipinski definition) is 2. The predicted molar refractivity (Wildman–Crippen MR) is 64.3 cm³/mol. The summed E-state index contributed by atoms with van der Waals surface area (Å²) < 4.78 is 114. The normalized spacial score (nSPS) is 13.4. The molecule has 2 N–H and O–H groups in total. The Morgan fingerprint density at radius 1 is 1.00 bits per heavy atom. The Labute approximate surface area is 136 Å². The highest BCUT2D eigenvalue weighted by molar-refractivity contribution is 5.98. The van der Waals surface area contributed by atoms with Crippen molar-refractivity contribution in [2.24, 2.45) is 0 Å². The van der Waals surface area contributed by atoms with Crippen molar-refractivity contribution in [2.75, 3.05) is 5.32 Å². The lowest BCUT2D eigenvalue weighted by molar-refractivity contribution is -0.388. The molecule has 6 nitrogen and oxygen atoms in total. The molecule has 0 saturated carbocycles. The highest BCUT2D eigenvalue weighted by atomic mass is 19.4. The number of phenols is 1. The van der Waals surface area contributed by atoms with Crippen LogP contribution in [0.15, 0.2) is 18.2 Å². The Balaban J connectivity index is 3.21. The van der Waals surface area contributed by atoms with Crippen LogP contribution in [0.25, 0.3) is 0 Å². The van der Waals surface area contributed by atoms with Crippen LogP contribution in [0.2, 0.25) is 0 Å². The first-order valence-corrected chi connectivity index (χ1v) is 5.96. The van der Waals surface area contributed by atoms with E-state index in [-0.39, 0.29) is 6.07 Å². The van der Waals surface area contributed by atoms with Crippen molar-refractivity contribution in [3.8, 4) is 5.75 Å². The van der Waals surface area contributed by atoms with Crippen LogP contribution in [0.3, 0.4) is 0 Å². The minimum atomic E-state index is -7.27. The summed E-state index contributed by atoms with van der Waals surface area (Å²) in [6.07, 6.45) is -7.10. The first-order valence-electron chi connectivity index (χ1n) is 5.96. The van der Waals surface area contributed by atoms with Crippen molar-refractivity contribution >= 4 is 17.3 Å². The lowest BCUT2D eigenvalue weighted by Gasteiger charge is -2.32. The summed E-state index contributed by atoms with van der Waals surface area (Å²) in [5.41, 5.74) is -2.01. The number of carbonyl (C=O) groups is 1. The molecule has 0 aromatic heterocycles. The quantitative estimate of drug-likeness (QED) is 0.341. The van der Waals surface area contributed by atoms with Gasteiger partial charge in [0.2, 0.25) is 0 Å². The number of benzene rings is 1. The standard InChI is InChI=1S/C11H5F9N2O4/c12-8(13,9(14,15)10(16,17)11(18,19)20)7(24)21-5-2-1-4(22(25)26)3-6(5)23/h1-3,23H,(H,21,24). The van der Waals surface area contributed by atoms with Gasteiger partial charge in [0.25, 0.3) is 5.69 Å². The van der Waals surface area contributed by atoms with Crippen molar-refractivity contribution in [1.82, 2.24) is 0 Å². The Hall–Kier alpha value is -2.74. The SMILES string of the molecule is O=C(Nc1ccc([N+](=O)[O-])cc1O)C(F)(F)C(F)(F)C(F)(F)C(F)(F)F. The number of phenolic OH excluding ortho intramolecular Hbond substituents is 1. The molecule has 0 aliphatic carbocycles. The van der Waals surface area contributed by atoms with Gasteiger partial charge in [0.1, 0.15) is 5.75 Å². The highest BCUT2D eigenvalue weighted by Crippen LogP contribution is 2.53. The monoisotopic (exact) mass is 400 g/mol. The van der Waals surface area contributed by atoms with Crippen LogP contribution in [-0.4, -0.2) is 39.9 Å². The van der Waals surface area contributed by atoms with Gasteiger partial charge >= 0.3 is 29.9 Å². The van der Waals surface area contributed by atoms with Gasteiger partial charge in [0, 0.05) is 6.07 Å². The topological polar surface area (TPSA) is 92.5 Å². The van der Waals surface area contributed by atoms with Gasteiger partial charge in [-0.3, -0.25) is 14.9 Å². The fourth-order valence-corrected chi connectivity index (χ4v) is 1.46. The lowest BCUT2D eigenvalue weighted by Crippen LogP contribution is -2.64. The number of carbonyl (C=O) groups excluding carboxylic acids is 1. The third kappa shape index (κ3) is 3.32. The van der Waals surface area contributed by atoms with Gasteiger partial charge in [0.15, 0.2) is 0 Å². The molecule has 15 heteroatoms. The average molecular weight is 400 g/mol. The van der Waals surface area contributed by atoms with Gasteiger partial charge < -0.3 is 10.4 Å². The molecule has 0 unspecified atom stereocenters. The van der Waals surface area contributed by atoms with E-state index in [4.69, 9.17) is 0 Å². The zero-order valence-corrected chi connectivity index (χ0v) is 11.8. The summed E-state index contributed by atoms with van der Waals surface area (Å²) in [4.78, 5) is 20.4. The van der Waals surface area contributed by atoms with Gasteiger partial charge in [0.05, 0.1) is 16.7 Å². The predicted octanol–water partition coefficient (Wildman–Crippen LogP) is 3.71. The maximum Gasteiger partial charge on any atom is 0.460 e. The molecule has 0 aliphatic heterocycles. The number of nitro benzene ring substituents is 1. The van der Waals surface area contributed by atoms with Crippen molar-refractivity contribution in [3.63, 3.8) is 0 Å².